The lowest BCUT2D eigenvalue weighted by atomic mass is 9.47. The summed E-state index contributed by atoms with van der Waals surface area (Å²) >= 11 is 0. The van der Waals surface area contributed by atoms with Crippen molar-refractivity contribution in [2.45, 2.75) is 75.9 Å². The highest BCUT2D eigenvalue weighted by Crippen LogP contribution is 2.61. The minimum atomic E-state index is -0.367. The third kappa shape index (κ3) is 1.89. The largest absolute Gasteiger partial charge is 0.322 e. The highest BCUT2D eigenvalue weighted by molar-refractivity contribution is 5.84. The molecule has 6 unspecified atom stereocenters. The first-order valence-electron chi connectivity index (χ1n) is 9.60. The molecule has 124 valence electrons. The summed E-state index contributed by atoms with van der Waals surface area (Å²) in [4.78, 5) is 15.2. The number of rotatable bonds is 2. The summed E-state index contributed by atoms with van der Waals surface area (Å²) in [5, 5.41) is 9.41. The lowest BCUT2D eigenvalue weighted by Crippen LogP contribution is -2.62. The molecule has 3 bridgehead atoms. The van der Waals surface area contributed by atoms with Gasteiger partial charge in [-0.1, -0.05) is 12.8 Å². The van der Waals surface area contributed by atoms with Gasteiger partial charge in [-0.3, -0.25) is 4.79 Å². The molecule has 1 saturated heterocycles. The van der Waals surface area contributed by atoms with Gasteiger partial charge >= 0.3 is 0 Å². The van der Waals surface area contributed by atoms with Crippen LogP contribution in [0.5, 0.6) is 0 Å². The Labute approximate surface area is 138 Å². The van der Waals surface area contributed by atoms with Crippen molar-refractivity contribution in [2.75, 3.05) is 0 Å². The molecule has 1 amide bonds. The molecule has 0 spiro atoms. The van der Waals surface area contributed by atoms with Gasteiger partial charge in [0.15, 0.2) is 0 Å². The zero-order chi connectivity index (χ0) is 15.8. The Hall–Kier alpha value is -1.08. The number of likely N-dealkylation sites (tertiary alicyclic amines) is 1. The van der Waals surface area contributed by atoms with Gasteiger partial charge in [-0.05, 0) is 74.0 Å². The number of hydrogen-bond donors (Lipinski definition) is 1. The van der Waals surface area contributed by atoms with E-state index in [0.717, 1.165) is 24.7 Å². The molecule has 0 aromatic rings. The van der Waals surface area contributed by atoms with Crippen LogP contribution < -0.4 is 5.73 Å². The van der Waals surface area contributed by atoms with Crippen molar-refractivity contribution in [3.8, 4) is 6.07 Å². The number of carbonyl (C=O) groups excluding carboxylic acids is 1. The third-order valence-electron chi connectivity index (χ3n) is 8.06. The predicted octanol–water partition coefficient (Wildman–Crippen LogP) is 2.43. The quantitative estimate of drug-likeness (QED) is 0.851. The van der Waals surface area contributed by atoms with Crippen molar-refractivity contribution < 1.29 is 4.79 Å². The molecule has 5 aliphatic rings. The summed E-state index contributed by atoms with van der Waals surface area (Å²) in [6.07, 6.45) is 10.9. The maximum atomic E-state index is 13.3. The molecule has 0 aromatic heterocycles. The van der Waals surface area contributed by atoms with Crippen LogP contribution >= 0.6 is 0 Å². The second-order valence-electron chi connectivity index (χ2n) is 9.13. The normalized spacial score (nSPS) is 51.0. The fourth-order valence-corrected chi connectivity index (χ4v) is 6.97. The van der Waals surface area contributed by atoms with Gasteiger partial charge in [0, 0.05) is 6.04 Å². The second-order valence-corrected chi connectivity index (χ2v) is 9.13. The van der Waals surface area contributed by atoms with E-state index in [1.807, 2.05) is 4.90 Å². The summed E-state index contributed by atoms with van der Waals surface area (Å²) < 4.78 is 0. The van der Waals surface area contributed by atoms with Crippen molar-refractivity contribution in [2.24, 2.45) is 34.8 Å². The lowest BCUT2D eigenvalue weighted by molar-refractivity contribution is -0.146. The number of nitrogens with two attached hydrogens (primary N) is 1. The van der Waals surface area contributed by atoms with Crippen molar-refractivity contribution >= 4 is 5.91 Å². The van der Waals surface area contributed by atoms with Crippen LogP contribution in [-0.2, 0) is 4.79 Å². The van der Waals surface area contributed by atoms with Crippen molar-refractivity contribution in [1.29, 1.82) is 5.26 Å². The fourth-order valence-electron chi connectivity index (χ4n) is 6.97. The van der Waals surface area contributed by atoms with Crippen LogP contribution in [-0.4, -0.2) is 28.9 Å². The number of hydrogen-bond acceptors (Lipinski definition) is 3. The molecule has 2 N–H and O–H groups in total. The van der Waals surface area contributed by atoms with Gasteiger partial charge in [0.25, 0.3) is 0 Å². The van der Waals surface area contributed by atoms with Gasteiger partial charge in [0.2, 0.25) is 5.91 Å². The Morgan fingerprint density at radius 3 is 2.48 bits per heavy atom. The summed E-state index contributed by atoms with van der Waals surface area (Å²) in [5.41, 5.74) is 6.75. The Kier molecular flexibility index (Phi) is 2.93. The van der Waals surface area contributed by atoms with Crippen molar-refractivity contribution in [1.82, 2.24) is 4.90 Å². The van der Waals surface area contributed by atoms with Crippen LogP contribution in [0.25, 0.3) is 0 Å². The number of nitrogens with zero attached hydrogens (tertiary/aromatic N) is 2. The molecular weight excluding hydrogens is 286 g/mol. The molecule has 1 heterocycles. The standard InChI is InChI=1S/C19H27N3O/c20-10-15-6-13-7-16(13)22(15)18(23)17(21)19-8-11-1-3-14(19)4-2-12(5-11)9-19/h11-17H,1-9,21H2. The molecule has 4 heteroatoms. The molecule has 4 nitrogen and oxygen atoms in total. The molecule has 0 radical (unpaired) electrons. The zero-order valence-corrected chi connectivity index (χ0v) is 13.8. The average molecular weight is 313 g/mol. The fraction of sp³-hybridized carbons (Fsp3) is 0.895. The van der Waals surface area contributed by atoms with Crippen LogP contribution in [0.3, 0.4) is 0 Å². The highest BCUT2D eigenvalue weighted by atomic mass is 16.2. The molecule has 23 heavy (non-hydrogen) atoms. The van der Waals surface area contributed by atoms with Gasteiger partial charge in [0.1, 0.15) is 6.04 Å². The first kappa shape index (κ1) is 14.3. The molecule has 4 saturated carbocycles. The van der Waals surface area contributed by atoms with Gasteiger partial charge < -0.3 is 10.6 Å². The minimum absolute atomic E-state index is 0.0498. The smallest absolute Gasteiger partial charge is 0.241 e. The maximum absolute atomic E-state index is 13.3. The first-order valence-corrected chi connectivity index (χ1v) is 9.60. The van der Waals surface area contributed by atoms with E-state index in [9.17, 15) is 10.1 Å². The Balaban J connectivity index is 1.44. The van der Waals surface area contributed by atoms with E-state index in [2.05, 4.69) is 6.07 Å². The Morgan fingerprint density at radius 1 is 1.13 bits per heavy atom. The number of amides is 1. The summed E-state index contributed by atoms with van der Waals surface area (Å²) in [5.74, 6) is 2.92. The average Bonchev–Trinajstić information content (AvgIpc) is 3.21. The van der Waals surface area contributed by atoms with E-state index in [0.29, 0.717) is 17.9 Å². The van der Waals surface area contributed by atoms with Crippen LogP contribution in [0.2, 0.25) is 0 Å². The molecule has 4 aliphatic carbocycles. The van der Waals surface area contributed by atoms with E-state index < -0.39 is 0 Å². The van der Waals surface area contributed by atoms with Crippen LogP contribution in [0, 0.1) is 40.4 Å². The molecule has 5 fully saturated rings. The van der Waals surface area contributed by atoms with Crippen LogP contribution in [0.15, 0.2) is 0 Å². The predicted molar refractivity (Wildman–Crippen MR) is 86.0 cm³/mol. The first-order chi connectivity index (χ1) is 11.1. The number of nitriles is 1. The van der Waals surface area contributed by atoms with Crippen molar-refractivity contribution in [3.05, 3.63) is 0 Å². The number of fused-ring (bicyclic) bond motifs is 3. The Bertz CT molecular complexity index is 566. The van der Waals surface area contributed by atoms with Crippen LogP contribution in [0.1, 0.15) is 57.8 Å². The van der Waals surface area contributed by atoms with E-state index in [1.54, 1.807) is 0 Å². The van der Waals surface area contributed by atoms with E-state index in [4.69, 9.17) is 5.73 Å². The van der Waals surface area contributed by atoms with Crippen LogP contribution in [0.4, 0.5) is 0 Å². The summed E-state index contributed by atoms with van der Waals surface area (Å²) in [7, 11) is 0. The minimum Gasteiger partial charge on any atom is -0.322 e. The SMILES string of the molecule is N#CC1CC2CC2N1C(=O)C(N)C12CC3CCC1CCC(C3)C2. The number of carbonyl (C=O) groups is 1. The maximum Gasteiger partial charge on any atom is 0.241 e. The topological polar surface area (TPSA) is 70.1 Å². The van der Waals surface area contributed by atoms with Gasteiger partial charge in [-0.2, -0.15) is 5.26 Å². The second kappa shape index (κ2) is 4.72. The molecule has 1 aliphatic heterocycles. The summed E-state index contributed by atoms with van der Waals surface area (Å²) in [6, 6.07) is 2.10. The molecular formula is C19H27N3O. The summed E-state index contributed by atoms with van der Waals surface area (Å²) in [6.45, 7) is 0. The van der Waals surface area contributed by atoms with Gasteiger partial charge in [-0.15, -0.1) is 0 Å². The number of piperidine rings is 1. The van der Waals surface area contributed by atoms with E-state index >= 15 is 0 Å². The zero-order valence-electron chi connectivity index (χ0n) is 13.8. The molecule has 5 rings (SSSR count). The van der Waals surface area contributed by atoms with E-state index in [-0.39, 0.29) is 23.4 Å². The lowest BCUT2D eigenvalue weighted by Gasteiger charge is -2.59. The third-order valence-corrected chi connectivity index (χ3v) is 8.06. The molecule has 0 aromatic carbocycles. The Morgan fingerprint density at radius 2 is 1.83 bits per heavy atom. The monoisotopic (exact) mass is 313 g/mol. The van der Waals surface area contributed by atoms with Gasteiger partial charge in [0.05, 0.1) is 12.1 Å². The highest BCUT2D eigenvalue weighted by Gasteiger charge is 2.60. The van der Waals surface area contributed by atoms with Gasteiger partial charge in [-0.25, -0.2) is 0 Å². The molecule has 6 atom stereocenters. The van der Waals surface area contributed by atoms with E-state index in [1.165, 1.54) is 44.9 Å². The van der Waals surface area contributed by atoms with Crippen molar-refractivity contribution in [3.63, 3.8) is 0 Å².